The van der Waals surface area contributed by atoms with Crippen molar-refractivity contribution >= 4 is 5.97 Å². The van der Waals surface area contributed by atoms with Gasteiger partial charge in [-0.15, -0.1) is 0 Å². The topological polar surface area (TPSA) is 39.2 Å². The summed E-state index contributed by atoms with van der Waals surface area (Å²) in [6.45, 7) is 2.00. The second kappa shape index (κ2) is 5.86. The smallest absolute Gasteiger partial charge is 0.310 e. The van der Waals surface area contributed by atoms with E-state index in [2.05, 4.69) is 9.72 Å². The van der Waals surface area contributed by atoms with Crippen molar-refractivity contribution in [2.24, 2.45) is 17.3 Å². The monoisotopic (exact) mass is 339 g/mol. The maximum atomic E-state index is 13.4. The quantitative estimate of drug-likeness (QED) is 0.477. The molecule has 0 radical (unpaired) electrons. The lowest BCUT2D eigenvalue weighted by atomic mass is 10.1. The summed E-state index contributed by atoms with van der Waals surface area (Å²) in [5, 5.41) is 0. The molecule has 0 bridgehead atoms. The van der Waals surface area contributed by atoms with E-state index in [1.54, 1.807) is 0 Å². The number of pyridine rings is 1. The molecule has 1 aliphatic rings. The molecule has 126 valence electrons. The normalized spacial score (nSPS) is 21.7. The minimum atomic E-state index is -1.96. The number of ether oxygens (including phenoxy) is 1. The Balaban J connectivity index is 2.11. The third-order valence-corrected chi connectivity index (χ3v) is 3.92. The molecule has 1 aromatic heterocycles. The Morgan fingerprint density at radius 1 is 1.17 bits per heavy atom. The van der Waals surface area contributed by atoms with E-state index in [9.17, 15) is 31.1 Å². The average Bonchev–Trinajstić information content (AvgIpc) is 2.96. The van der Waals surface area contributed by atoms with E-state index in [0.29, 0.717) is 6.08 Å². The number of allylic oxidation sites excluding steroid dienone is 1. The van der Waals surface area contributed by atoms with Crippen molar-refractivity contribution in [1.29, 1.82) is 0 Å². The highest BCUT2D eigenvalue weighted by atomic mass is 19.3. The Bertz CT molecular complexity index is 658. The van der Waals surface area contributed by atoms with Crippen molar-refractivity contribution in [1.82, 2.24) is 4.98 Å². The maximum absolute atomic E-state index is 13.4. The van der Waals surface area contributed by atoms with E-state index >= 15 is 0 Å². The van der Waals surface area contributed by atoms with Gasteiger partial charge in [0.1, 0.15) is 6.61 Å². The van der Waals surface area contributed by atoms with E-state index in [1.165, 1.54) is 13.8 Å². The van der Waals surface area contributed by atoms with Crippen LogP contribution in [0.4, 0.5) is 26.3 Å². The first kappa shape index (κ1) is 17.3. The highest BCUT2D eigenvalue weighted by Gasteiger charge is 2.62. The highest BCUT2D eigenvalue weighted by molar-refractivity contribution is 5.78. The lowest BCUT2D eigenvalue weighted by Gasteiger charge is -2.08. The van der Waals surface area contributed by atoms with Gasteiger partial charge >= 0.3 is 5.97 Å². The zero-order valence-corrected chi connectivity index (χ0v) is 12.0. The molecule has 0 unspecified atom stereocenters. The molecule has 0 aromatic carbocycles. The molecule has 0 amide bonds. The van der Waals surface area contributed by atoms with E-state index < -0.39 is 65.0 Å². The molecule has 23 heavy (non-hydrogen) atoms. The Kier molecular flexibility index (Phi) is 4.41. The fraction of sp³-hybridized carbons (Fsp3) is 0.429. The van der Waals surface area contributed by atoms with Gasteiger partial charge in [0.2, 0.25) is 0 Å². The summed E-state index contributed by atoms with van der Waals surface area (Å²) in [4.78, 5) is 14.2. The number of aromatic nitrogens is 1. The van der Waals surface area contributed by atoms with Crippen LogP contribution in [0.15, 0.2) is 12.2 Å². The molecule has 1 fully saturated rings. The van der Waals surface area contributed by atoms with Gasteiger partial charge in [-0.2, -0.15) is 22.5 Å². The first-order valence-electron chi connectivity index (χ1n) is 6.45. The van der Waals surface area contributed by atoms with Crippen LogP contribution in [0.1, 0.15) is 19.4 Å². The van der Waals surface area contributed by atoms with Gasteiger partial charge in [-0.05, 0) is 11.5 Å². The van der Waals surface area contributed by atoms with Gasteiger partial charge in [0, 0.05) is 5.92 Å². The number of halogens is 6. The van der Waals surface area contributed by atoms with Gasteiger partial charge in [0.05, 0.1) is 11.5 Å². The van der Waals surface area contributed by atoms with E-state index in [4.69, 9.17) is 0 Å². The summed E-state index contributed by atoms with van der Waals surface area (Å²) in [6, 6.07) is 0. The minimum absolute atomic E-state index is 0.596. The molecule has 1 heterocycles. The lowest BCUT2D eigenvalue weighted by molar-refractivity contribution is -0.147. The van der Waals surface area contributed by atoms with Crippen LogP contribution in [0.25, 0.3) is 0 Å². The summed E-state index contributed by atoms with van der Waals surface area (Å²) >= 11 is 0. The minimum Gasteiger partial charge on any atom is -0.460 e. The van der Waals surface area contributed by atoms with Gasteiger partial charge in [-0.1, -0.05) is 13.8 Å². The largest absolute Gasteiger partial charge is 0.460 e. The van der Waals surface area contributed by atoms with Crippen molar-refractivity contribution < 1.29 is 35.9 Å². The molecule has 1 aromatic rings. The molecule has 2 rings (SSSR count). The summed E-state index contributed by atoms with van der Waals surface area (Å²) < 4.78 is 81.7. The second-order valence-corrected chi connectivity index (χ2v) is 5.69. The Hall–Kier alpha value is -2.06. The van der Waals surface area contributed by atoms with Crippen LogP contribution in [0.2, 0.25) is 0 Å². The predicted octanol–water partition coefficient (Wildman–Crippen LogP) is 3.73. The summed E-state index contributed by atoms with van der Waals surface area (Å²) in [6.07, 6.45) is -1.37. The molecule has 0 N–H and O–H groups in total. The standard InChI is InChI=1S/C14H11F6NO2/c1-14(2)6(3-7(15)16)8(14)13(22)23-4-5-9(17)11(19)21-12(20)10(5)18/h3,6,8H,4H2,1-2H3/t6-,8-/m1/s1. The summed E-state index contributed by atoms with van der Waals surface area (Å²) in [5.74, 6) is -10.0. The van der Waals surface area contributed by atoms with Gasteiger partial charge in [0.15, 0.2) is 11.6 Å². The molecule has 0 spiro atoms. The van der Waals surface area contributed by atoms with E-state index in [0.717, 1.165) is 0 Å². The molecular weight excluding hydrogens is 328 g/mol. The third-order valence-electron chi connectivity index (χ3n) is 3.92. The van der Waals surface area contributed by atoms with E-state index in [-0.39, 0.29) is 0 Å². The number of hydrogen-bond acceptors (Lipinski definition) is 3. The average molecular weight is 339 g/mol. The number of esters is 1. The zero-order chi connectivity index (χ0) is 17.5. The number of hydrogen-bond donors (Lipinski definition) is 0. The van der Waals surface area contributed by atoms with Crippen LogP contribution >= 0.6 is 0 Å². The molecule has 9 heteroatoms. The number of nitrogens with zero attached hydrogens (tertiary/aromatic N) is 1. The van der Waals surface area contributed by atoms with Crippen molar-refractivity contribution in [2.45, 2.75) is 20.5 Å². The molecule has 2 atom stereocenters. The van der Waals surface area contributed by atoms with E-state index in [1.807, 2.05) is 0 Å². The maximum Gasteiger partial charge on any atom is 0.310 e. The number of carbonyl (C=O) groups excluding carboxylic acids is 1. The van der Waals surface area contributed by atoms with Gasteiger partial charge < -0.3 is 4.74 Å². The Morgan fingerprint density at radius 3 is 2.17 bits per heavy atom. The third kappa shape index (κ3) is 3.18. The number of carbonyl (C=O) groups is 1. The van der Waals surface area contributed by atoms with Crippen molar-refractivity contribution in [3.05, 3.63) is 41.2 Å². The predicted molar refractivity (Wildman–Crippen MR) is 64.9 cm³/mol. The van der Waals surface area contributed by atoms with Crippen LogP contribution in [0.5, 0.6) is 0 Å². The molecule has 3 nitrogen and oxygen atoms in total. The molecular formula is C14H11F6NO2. The van der Waals surface area contributed by atoms with Gasteiger partial charge in [-0.25, -0.2) is 8.78 Å². The van der Waals surface area contributed by atoms with Crippen LogP contribution in [-0.4, -0.2) is 11.0 Å². The molecule has 0 aliphatic heterocycles. The molecule has 1 saturated carbocycles. The summed E-state index contributed by atoms with van der Waals surface area (Å²) in [7, 11) is 0. The molecule has 1 aliphatic carbocycles. The molecule has 0 saturated heterocycles. The Labute approximate surface area is 127 Å². The van der Waals surface area contributed by atoms with Crippen LogP contribution in [-0.2, 0) is 16.1 Å². The lowest BCUT2D eigenvalue weighted by Crippen LogP contribution is -2.14. The van der Waals surface area contributed by atoms with Crippen molar-refractivity contribution in [3.63, 3.8) is 0 Å². The van der Waals surface area contributed by atoms with Crippen molar-refractivity contribution in [3.8, 4) is 0 Å². The number of rotatable bonds is 4. The Morgan fingerprint density at radius 2 is 1.70 bits per heavy atom. The van der Waals surface area contributed by atoms with Crippen LogP contribution in [0.3, 0.4) is 0 Å². The highest BCUT2D eigenvalue weighted by Crippen LogP contribution is 2.60. The fourth-order valence-corrected chi connectivity index (χ4v) is 2.46. The first-order chi connectivity index (χ1) is 10.6. The SMILES string of the molecule is CC1(C)[C@H](C=C(F)F)[C@@H]1C(=O)OCc1c(F)c(F)nc(F)c1F. The van der Waals surface area contributed by atoms with Gasteiger partial charge in [-0.3, -0.25) is 4.79 Å². The zero-order valence-electron chi connectivity index (χ0n) is 12.0. The van der Waals surface area contributed by atoms with Crippen LogP contribution < -0.4 is 0 Å². The van der Waals surface area contributed by atoms with Crippen molar-refractivity contribution in [2.75, 3.05) is 0 Å². The van der Waals surface area contributed by atoms with Crippen LogP contribution in [0, 0.1) is 40.8 Å². The fourth-order valence-electron chi connectivity index (χ4n) is 2.46. The summed E-state index contributed by atoms with van der Waals surface area (Å²) in [5.41, 5.74) is -1.95. The van der Waals surface area contributed by atoms with Gasteiger partial charge in [0.25, 0.3) is 18.0 Å². The first-order valence-corrected chi connectivity index (χ1v) is 6.45. The second-order valence-electron chi connectivity index (χ2n) is 5.69.